The summed E-state index contributed by atoms with van der Waals surface area (Å²) >= 11 is 0. The maximum atomic E-state index is 13.0. The van der Waals surface area contributed by atoms with E-state index in [1.807, 2.05) is 30.3 Å². The number of carbonyl (C=O) groups excluding carboxylic acids is 2. The van der Waals surface area contributed by atoms with E-state index < -0.39 is 10.8 Å². The van der Waals surface area contributed by atoms with Crippen molar-refractivity contribution in [2.75, 3.05) is 12.4 Å². The third-order valence-electron chi connectivity index (χ3n) is 4.67. The van der Waals surface area contributed by atoms with Crippen molar-refractivity contribution < 1.29 is 14.5 Å². The molecule has 2 amide bonds. The number of aryl methyl sites for hydroxylation is 1. The first kappa shape index (κ1) is 20.7. The second-order valence-electron chi connectivity index (χ2n) is 6.90. The summed E-state index contributed by atoms with van der Waals surface area (Å²) in [6, 6.07) is 20.5. The lowest BCUT2D eigenvalue weighted by molar-refractivity contribution is -0.385. The first-order chi connectivity index (χ1) is 14.4. The Balaban J connectivity index is 1.79. The molecule has 0 heterocycles. The van der Waals surface area contributed by atoms with Gasteiger partial charge < -0.3 is 10.2 Å². The minimum absolute atomic E-state index is 0.0512. The Hall–Kier alpha value is -4.00. The highest BCUT2D eigenvalue weighted by atomic mass is 16.6. The quantitative estimate of drug-likeness (QED) is 0.487. The molecule has 0 bridgehead atoms. The number of hydrogen-bond acceptors (Lipinski definition) is 4. The molecule has 3 rings (SSSR count). The van der Waals surface area contributed by atoms with E-state index in [1.165, 1.54) is 18.2 Å². The molecule has 7 nitrogen and oxygen atoms in total. The van der Waals surface area contributed by atoms with Crippen LogP contribution in [0.4, 0.5) is 11.4 Å². The summed E-state index contributed by atoms with van der Waals surface area (Å²) in [6.07, 6.45) is 0. The van der Waals surface area contributed by atoms with Crippen molar-refractivity contribution in [1.82, 2.24) is 4.90 Å². The maximum Gasteiger partial charge on any atom is 0.272 e. The van der Waals surface area contributed by atoms with Crippen LogP contribution in [0.2, 0.25) is 0 Å². The highest BCUT2D eigenvalue weighted by molar-refractivity contribution is 6.09. The van der Waals surface area contributed by atoms with Gasteiger partial charge >= 0.3 is 0 Å². The minimum atomic E-state index is -0.493. The summed E-state index contributed by atoms with van der Waals surface area (Å²) < 4.78 is 0. The number of para-hydroxylation sites is 1. The summed E-state index contributed by atoms with van der Waals surface area (Å²) in [5, 5.41) is 13.7. The number of amides is 2. The zero-order valence-electron chi connectivity index (χ0n) is 16.7. The normalized spacial score (nSPS) is 10.3. The molecular weight excluding hydrogens is 382 g/mol. The minimum Gasteiger partial charge on any atom is -0.337 e. The molecule has 0 unspecified atom stereocenters. The van der Waals surface area contributed by atoms with Crippen molar-refractivity contribution in [1.29, 1.82) is 0 Å². The fraction of sp³-hybridized carbons (Fsp3) is 0.130. The van der Waals surface area contributed by atoms with Crippen molar-refractivity contribution in [2.24, 2.45) is 0 Å². The highest BCUT2D eigenvalue weighted by Gasteiger charge is 2.19. The number of carbonyl (C=O) groups is 2. The number of anilines is 1. The van der Waals surface area contributed by atoms with Gasteiger partial charge in [0.05, 0.1) is 16.2 Å². The molecule has 0 aliphatic rings. The molecule has 152 valence electrons. The van der Waals surface area contributed by atoms with Gasteiger partial charge in [-0.05, 0) is 36.8 Å². The number of nitro groups is 1. The van der Waals surface area contributed by atoms with Crippen LogP contribution >= 0.6 is 0 Å². The van der Waals surface area contributed by atoms with E-state index in [9.17, 15) is 19.7 Å². The molecule has 0 atom stereocenters. The van der Waals surface area contributed by atoms with E-state index >= 15 is 0 Å². The smallest absolute Gasteiger partial charge is 0.272 e. The summed E-state index contributed by atoms with van der Waals surface area (Å²) in [5.74, 6) is -0.673. The molecular formula is C23H21N3O4. The van der Waals surface area contributed by atoms with Gasteiger partial charge in [0.2, 0.25) is 0 Å². The Labute approximate surface area is 174 Å². The zero-order valence-corrected chi connectivity index (χ0v) is 16.7. The Morgan fingerprint density at radius 2 is 1.67 bits per heavy atom. The summed E-state index contributed by atoms with van der Waals surface area (Å²) in [4.78, 5) is 37.7. The summed E-state index contributed by atoms with van der Waals surface area (Å²) in [5.41, 5.74) is 2.35. The Morgan fingerprint density at radius 3 is 2.33 bits per heavy atom. The van der Waals surface area contributed by atoms with Crippen LogP contribution in [-0.4, -0.2) is 28.7 Å². The fourth-order valence-corrected chi connectivity index (χ4v) is 3.11. The van der Waals surface area contributed by atoms with E-state index in [2.05, 4.69) is 5.32 Å². The molecule has 0 saturated carbocycles. The van der Waals surface area contributed by atoms with Crippen molar-refractivity contribution in [3.63, 3.8) is 0 Å². The monoisotopic (exact) mass is 403 g/mol. The van der Waals surface area contributed by atoms with Gasteiger partial charge in [0, 0.05) is 30.8 Å². The lowest BCUT2D eigenvalue weighted by Crippen LogP contribution is -2.27. The fourth-order valence-electron chi connectivity index (χ4n) is 3.11. The van der Waals surface area contributed by atoms with Gasteiger partial charge in [0.25, 0.3) is 17.5 Å². The molecule has 1 N–H and O–H groups in total. The van der Waals surface area contributed by atoms with Crippen LogP contribution in [0, 0.1) is 17.0 Å². The molecule has 0 radical (unpaired) electrons. The molecule has 30 heavy (non-hydrogen) atoms. The van der Waals surface area contributed by atoms with Gasteiger partial charge in [-0.1, -0.05) is 42.5 Å². The van der Waals surface area contributed by atoms with Gasteiger partial charge in [-0.15, -0.1) is 0 Å². The van der Waals surface area contributed by atoms with Gasteiger partial charge in [-0.25, -0.2) is 0 Å². The first-order valence-corrected chi connectivity index (χ1v) is 9.31. The molecule has 0 aliphatic heterocycles. The molecule has 3 aromatic rings. The average molecular weight is 403 g/mol. The Bertz CT molecular complexity index is 1100. The SMILES string of the molecule is Cc1cc(C(=O)Nc2ccccc2C(=O)N(C)Cc2ccccc2)ccc1[N+](=O)[O-]. The molecule has 0 fully saturated rings. The van der Waals surface area contributed by atoms with Crippen molar-refractivity contribution in [3.05, 3.63) is 105 Å². The van der Waals surface area contributed by atoms with Crippen LogP contribution in [0.15, 0.2) is 72.8 Å². The van der Waals surface area contributed by atoms with E-state index in [-0.39, 0.29) is 17.2 Å². The van der Waals surface area contributed by atoms with E-state index in [0.717, 1.165) is 5.56 Å². The molecule has 0 aliphatic carbocycles. The van der Waals surface area contributed by atoms with Crippen LogP contribution < -0.4 is 5.32 Å². The van der Waals surface area contributed by atoms with E-state index in [4.69, 9.17) is 0 Å². The van der Waals surface area contributed by atoms with Crippen LogP contribution in [0.1, 0.15) is 31.8 Å². The molecule has 0 saturated heterocycles. The van der Waals surface area contributed by atoms with Crippen molar-refractivity contribution >= 4 is 23.2 Å². The summed E-state index contributed by atoms with van der Waals surface area (Å²) in [6.45, 7) is 2.01. The lowest BCUT2D eigenvalue weighted by Gasteiger charge is -2.19. The average Bonchev–Trinajstić information content (AvgIpc) is 2.74. The number of nitrogens with zero attached hydrogens (tertiary/aromatic N) is 2. The number of rotatable bonds is 6. The second-order valence-corrected chi connectivity index (χ2v) is 6.90. The highest BCUT2D eigenvalue weighted by Crippen LogP contribution is 2.22. The van der Waals surface area contributed by atoms with Crippen molar-refractivity contribution in [3.8, 4) is 0 Å². The third-order valence-corrected chi connectivity index (χ3v) is 4.67. The van der Waals surface area contributed by atoms with Crippen LogP contribution in [0.25, 0.3) is 0 Å². The largest absolute Gasteiger partial charge is 0.337 e. The zero-order chi connectivity index (χ0) is 21.7. The Kier molecular flexibility index (Phi) is 6.22. The number of hydrogen-bond donors (Lipinski definition) is 1. The standard InChI is InChI=1S/C23H21N3O4/c1-16-14-18(12-13-21(16)26(29)30)22(27)24-20-11-7-6-10-19(20)23(28)25(2)15-17-8-4-3-5-9-17/h3-14H,15H2,1-2H3,(H,24,27). The van der Waals surface area contributed by atoms with Gasteiger partial charge in [-0.3, -0.25) is 19.7 Å². The molecule has 3 aromatic carbocycles. The number of nitrogens with one attached hydrogen (secondary N) is 1. The maximum absolute atomic E-state index is 13.0. The molecule has 0 aromatic heterocycles. The second kappa shape index (κ2) is 9.00. The van der Waals surface area contributed by atoms with Crippen LogP contribution in [0.3, 0.4) is 0 Å². The summed E-state index contributed by atoms with van der Waals surface area (Å²) in [7, 11) is 1.70. The molecule has 0 spiro atoms. The molecule has 7 heteroatoms. The number of nitro benzene ring substituents is 1. The van der Waals surface area contributed by atoms with Crippen LogP contribution in [-0.2, 0) is 6.54 Å². The van der Waals surface area contributed by atoms with Gasteiger partial charge in [0.1, 0.15) is 0 Å². The van der Waals surface area contributed by atoms with Crippen molar-refractivity contribution in [2.45, 2.75) is 13.5 Å². The Morgan fingerprint density at radius 1 is 1.00 bits per heavy atom. The first-order valence-electron chi connectivity index (χ1n) is 9.31. The third kappa shape index (κ3) is 4.70. The predicted molar refractivity (Wildman–Crippen MR) is 114 cm³/mol. The predicted octanol–water partition coefficient (Wildman–Crippen LogP) is 4.43. The topological polar surface area (TPSA) is 92.6 Å². The van der Waals surface area contributed by atoms with Crippen LogP contribution in [0.5, 0.6) is 0 Å². The number of benzene rings is 3. The lowest BCUT2D eigenvalue weighted by atomic mass is 10.1. The van der Waals surface area contributed by atoms with E-state index in [1.54, 1.807) is 43.1 Å². The van der Waals surface area contributed by atoms with Gasteiger partial charge in [-0.2, -0.15) is 0 Å². The van der Waals surface area contributed by atoms with E-state index in [0.29, 0.717) is 23.4 Å². The van der Waals surface area contributed by atoms with Gasteiger partial charge in [0.15, 0.2) is 0 Å².